The number of pyridine rings is 1. The molecule has 2 aliphatic rings. The Morgan fingerprint density at radius 1 is 0.829 bits per heavy atom. The molecule has 4 nitrogen and oxygen atoms in total. The molecule has 1 saturated heterocycles. The Hall–Kier alpha value is -3.37. The highest BCUT2D eigenvalue weighted by molar-refractivity contribution is 5.98. The van der Waals surface area contributed by atoms with Crippen LogP contribution in [0.4, 0.5) is 5.69 Å². The lowest BCUT2D eigenvalue weighted by molar-refractivity contribution is -0.00521. The van der Waals surface area contributed by atoms with Gasteiger partial charge in [0.1, 0.15) is 0 Å². The molecular formula is C31H32N2O2. The van der Waals surface area contributed by atoms with Crippen LogP contribution in [0.25, 0.3) is 27.6 Å². The summed E-state index contributed by atoms with van der Waals surface area (Å²) in [6, 6.07) is 23.3. The average molecular weight is 465 g/mol. The van der Waals surface area contributed by atoms with Crippen molar-refractivity contribution in [2.24, 2.45) is 0 Å². The summed E-state index contributed by atoms with van der Waals surface area (Å²) in [6.45, 7) is 8.09. The highest BCUT2D eigenvalue weighted by atomic mass is 16.5. The number of hydrogen-bond donors (Lipinski definition) is 0. The third-order valence-electron chi connectivity index (χ3n) is 7.41. The van der Waals surface area contributed by atoms with Gasteiger partial charge in [0, 0.05) is 36.0 Å². The first-order chi connectivity index (χ1) is 17.0. The van der Waals surface area contributed by atoms with E-state index in [9.17, 15) is 4.79 Å². The molecule has 3 aromatic carbocycles. The van der Waals surface area contributed by atoms with Crippen LogP contribution >= 0.6 is 0 Å². The topological polar surface area (TPSA) is 34.5 Å². The molecular weight excluding hydrogens is 432 g/mol. The molecule has 1 aliphatic heterocycles. The van der Waals surface area contributed by atoms with E-state index in [1.54, 1.807) is 4.57 Å². The van der Waals surface area contributed by atoms with E-state index >= 15 is 0 Å². The summed E-state index contributed by atoms with van der Waals surface area (Å²) in [5.74, 6) is 0.743. The lowest BCUT2D eigenvalue weighted by Crippen LogP contribution is -2.45. The number of nitrogens with zero attached hydrogens (tertiary/aromatic N) is 2. The van der Waals surface area contributed by atoms with Gasteiger partial charge in [-0.2, -0.15) is 0 Å². The zero-order valence-corrected chi connectivity index (χ0v) is 20.7. The van der Waals surface area contributed by atoms with Gasteiger partial charge in [0.05, 0.1) is 12.2 Å². The number of aromatic nitrogens is 1. The summed E-state index contributed by atoms with van der Waals surface area (Å²) in [7, 11) is 0. The van der Waals surface area contributed by atoms with E-state index in [1.807, 2.05) is 30.5 Å². The van der Waals surface area contributed by atoms with Crippen LogP contribution in [-0.4, -0.2) is 29.9 Å². The molecule has 6 rings (SSSR count). The Bertz CT molecular complexity index is 1420. The summed E-state index contributed by atoms with van der Waals surface area (Å²) in [5.41, 5.74) is 6.88. The minimum Gasteiger partial charge on any atom is -0.372 e. The second-order valence-electron chi connectivity index (χ2n) is 10.3. The van der Waals surface area contributed by atoms with Crippen molar-refractivity contribution in [3.05, 3.63) is 94.4 Å². The van der Waals surface area contributed by atoms with Crippen LogP contribution in [-0.2, 0) is 4.74 Å². The van der Waals surface area contributed by atoms with Crippen molar-refractivity contribution in [2.45, 2.75) is 51.7 Å². The maximum atomic E-state index is 13.6. The van der Waals surface area contributed by atoms with Crippen LogP contribution in [0, 0.1) is 6.92 Å². The molecule has 2 fully saturated rings. The van der Waals surface area contributed by atoms with Gasteiger partial charge >= 0.3 is 0 Å². The van der Waals surface area contributed by atoms with Crippen LogP contribution in [0.5, 0.6) is 0 Å². The molecule has 0 bridgehead atoms. The Labute approximate surface area is 206 Å². The van der Waals surface area contributed by atoms with E-state index in [0.717, 1.165) is 46.6 Å². The first-order valence-electron chi connectivity index (χ1n) is 12.7. The van der Waals surface area contributed by atoms with E-state index in [2.05, 4.69) is 68.1 Å². The Morgan fingerprint density at radius 2 is 1.49 bits per heavy atom. The first kappa shape index (κ1) is 22.1. The molecule has 0 N–H and O–H groups in total. The van der Waals surface area contributed by atoms with Crippen molar-refractivity contribution in [2.75, 3.05) is 18.0 Å². The molecule has 4 heteroatoms. The Kier molecular flexibility index (Phi) is 5.49. The molecule has 35 heavy (non-hydrogen) atoms. The number of morpholine rings is 1. The quantitative estimate of drug-likeness (QED) is 0.348. The minimum atomic E-state index is 0.0171. The van der Waals surface area contributed by atoms with Gasteiger partial charge in [-0.1, -0.05) is 36.4 Å². The normalized spacial score (nSPS) is 20.4. The molecule has 2 heterocycles. The van der Waals surface area contributed by atoms with Crippen molar-refractivity contribution < 1.29 is 4.74 Å². The predicted octanol–water partition coefficient (Wildman–Crippen LogP) is 6.46. The highest BCUT2D eigenvalue weighted by Gasteiger charge is 2.24. The van der Waals surface area contributed by atoms with Crippen molar-refractivity contribution in [3.63, 3.8) is 0 Å². The van der Waals surface area contributed by atoms with Gasteiger partial charge in [0.2, 0.25) is 0 Å². The molecule has 0 amide bonds. The third kappa shape index (κ3) is 4.17. The summed E-state index contributed by atoms with van der Waals surface area (Å²) >= 11 is 0. The first-order valence-corrected chi connectivity index (χ1v) is 12.7. The molecule has 2 atom stereocenters. The monoisotopic (exact) mass is 464 g/mol. The summed E-state index contributed by atoms with van der Waals surface area (Å²) in [5, 5.41) is 1.80. The van der Waals surface area contributed by atoms with Crippen LogP contribution in [0.3, 0.4) is 0 Å². The number of benzene rings is 3. The van der Waals surface area contributed by atoms with Crippen LogP contribution in [0.2, 0.25) is 0 Å². The summed E-state index contributed by atoms with van der Waals surface area (Å²) < 4.78 is 7.66. The third-order valence-corrected chi connectivity index (χ3v) is 7.41. The fourth-order valence-corrected chi connectivity index (χ4v) is 5.60. The SMILES string of the molecule is Cc1cn(-c2ccc(N3CC(C)OC(C)C3)cc2)c(=O)c2cccc(-c3ccc(C4CC4)cc3)c12. The zero-order chi connectivity index (χ0) is 24.1. The maximum absolute atomic E-state index is 13.6. The van der Waals surface area contributed by atoms with Gasteiger partial charge in [-0.05, 0) is 97.5 Å². The molecule has 178 valence electrons. The average Bonchev–Trinajstić information content (AvgIpc) is 3.71. The molecule has 0 spiro atoms. The molecule has 4 aromatic rings. The van der Waals surface area contributed by atoms with Crippen molar-refractivity contribution in [3.8, 4) is 16.8 Å². The zero-order valence-electron chi connectivity index (χ0n) is 20.7. The number of ether oxygens (including phenoxy) is 1. The van der Waals surface area contributed by atoms with E-state index in [1.165, 1.54) is 29.7 Å². The molecule has 0 radical (unpaired) electrons. The van der Waals surface area contributed by atoms with Crippen LogP contribution in [0.15, 0.2) is 77.7 Å². The van der Waals surface area contributed by atoms with Gasteiger partial charge < -0.3 is 9.64 Å². The fourth-order valence-electron chi connectivity index (χ4n) is 5.60. The second-order valence-corrected chi connectivity index (χ2v) is 10.3. The maximum Gasteiger partial charge on any atom is 0.262 e. The van der Waals surface area contributed by atoms with Crippen molar-refractivity contribution in [1.29, 1.82) is 0 Å². The van der Waals surface area contributed by atoms with Crippen LogP contribution in [0.1, 0.15) is 43.7 Å². The number of fused-ring (bicyclic) bond motifs is 1. The summed E-state index contributed by atoms with van der Waals surface area (Å²) in [6.07, 6.45) is 5.02. The van der Waals surface area contributed by atoms with E-state index in [-0.39, 0.29) is 17.8 Å². The van der Waals surface area contributed by atoms with E-state index < -0.39 is 0 Å². The van der Waals surface area contributed by atoms with Crippen molar-refractivity contribution in [1.82, 2.24) is 4.57 Å². The molecule has 2 unspecified atom stereocenters. The predicted molar refractivity (Wildman–Crippen MR) is 144 cm³/mol. The van der Waals surface area contributed by atoms with Gasteiger partial charge in [0.15, 0.2) is 0 Å². The van der Waals surface area contributed by atoms with Crippen molar-refractivity contribution >= 4 is 16.5 Å². The minimum absolute atomic E-state index is 0.0171. The van der Waals surface area contributed by atoms with Gasteiger partial charge in [-0.15, -0.1) is 0 Å². The van der Waals surface area contributed by atoms with Gasteiger partial charge in [-0.25, -0.2) is 0 Å². The molecule has 1 aliphatic carbocycles. The summed E-state index contributed by atoms with van der Waals surface area (Å²) in [4.78, 5) is 16.0. The van der Waals surface area contributed by atoms with Gasteiger partial charge in [-0.3, -0.25) is 9.36 Å². The molecule has 1 saturated carbocycles. The van der Waals surface area contributed by atoms with E-state index in [4.69, 9.17) is 4.74 Å². The number of aryl methyl sites for hydroxylation is 1. The van der Waals surface area contributed by atoms with E-state index in [0.29, 0.717) is 0 Å². The second kappa shape index (κ2) is 8.69. The smallest absolute Gasteiger partial charge is 0.262 e. The number of hydrogen-bond acceptors (Lipinski definition) is 3. The Balaban J connectivity index is 1.37. The Morgan fingerprint density at radius 3 is 2.14 bits per heavy atom. The number of anilines is 1. The highest BCUT2D eigenvalue weighted by Crippen LogP contribution is 2.41. The van der Waals surface area contributed by atoms with Crippen LogP contribution < -0.4 is 10.5 Å². The fraction of sp³-hybridized carbons (Fsp3) is 0.323. The lowest BCUT2D eigenvalue weighted by Gasteiger charge is -2.36. The number of rotatable bonds is 4. The molecule has 1 aromatic heterocycles. The largest absolute Gasteiger partial charge is 0.372 e. The standard InChI is InChI=1S/C31H32N2O2/c1-20-17-33(27-15-13-26(14-16-27)32-18-21(2)35-22(3)19-32)31(34)29-6-4-5-28(30(20)29)25-11-9-24(10-12-25)23-7-8-23/h4-6,9-17,21-23H,7-8,18-19H2,1-3H3. The lowest BCUT2D eigenvalue weighted by atomic mass is 9.95. The van der Waals surface area contributed by atoms with Gasteiger partial charge in [0.25, 0.3) is 5.56 Å².